The van der Waals surface area contributed by atoms with Gasteiger partial charge >= 0.3 is 0 Å². The molecule has 0 saturated carbocycles. The van der Waals surface area contributed by atoms with Crippen LogP contribution in [0, 0.1) is 5.82 Å². The molecule has 6 nitrogen and oxygen atoms in total. The van der Waals surface area contributed by atoms with Crippen molar-refractivity contribution in [2.75, 3.05) is 6.54 Å². The lowest BCUT2D eigenvalue weighted by molar-refractivity contribution is -0.129. The Bertz CT molecular complexity index is 573. The summed E-state index contributed by atoms with van der Waals surface area (Å²) >= 11 is 0. The van der Waals surface area contributed by atoms with Crippen molar-refractivity contribution in [3.8, 4) is 0 Å². The van der Waals surface area contributed by atoms with Crippen LogP contribution in [0.1, 0.15) is 12.0 Å². The number of halogens is 1. The summed E-state index contributed by atoms with van der Waals surface area (Å²) in [4.78, 5) is 13.4. The minimum atomic E-state index is -3.89. The Morgan fingerprint density at radius 2 is 2.00 bits per heavy atom. The molecule has 0 radical (unpaired) electrons. The third-order valence-electron chi connectivity index (χ3n) is 2.89. The number of nitrogens with zero attached hydrogens (tertiary/aromatic N) is 1. The van der Waals surface area contributed by atoms with Crippen molar-refractivity contribution < 1.29 is 17.6 Å². The molecule has 19 heavy (non-hydrogen) atoms. The van der Waals surface area contributed by atoms with Crippen LogP contribution in [0.25, 0.3) is 0 Å². The van der Waals surface area contributed by atoms with Gasteiger partial charge in [-0.25, -0.2) is 9.53 Å². The van der Waals surface area contributed by atoms with Gasteiger partial charge in [-0.2, -0.15) is 13.1 Å². The molecule has 1 aliphatic heterocycles. The quantitative estimate of drug-likeness (QED) is 0.797. The summed E-state index contributed by atoms with van der Waals surface area (Å²) in [5.74, 6) is -0.663. The van der Waals surface area contributed by atoms with Gasteiger partial charge in [-0.15, -0.1) is 0 Å². The van der Waals surface area contributed by atoms with E-state index >= 15 is 0 Å². The third kappa shape index (κ3) is 3.72. The van der Waals surface area contributed by atoms with Crippen LogP contribution in [0.2, 0.25) is 0 Å². The van der Waals surface area contributed by atoms with E-state index in [-0.39, 0.29) is 11.7 Å². The predicted molar refractivity (Wildman–Crippen MR) is 66.5 cm³/mol. The van der Waals surface area contributed by atoms with Gasteiger partial charge in [0.05, 0.1) is 0 Å². The second-order valence-corrected chi connectivity index (χ2v) is 5.72. The van der Waals surface area contributed by atoms with E-state index in [0.29, 0.717) is 19.5 Å². The zero-order chi connectivity index (χ0) is 14.0. The molecule has 2 rings (SSSR count). The van der Waals surface area contributed by atoms with E-state index in [1.807, 2.05) is 0 Å². The molecule has 1 unspecified atom stereocenters. The topological polar surface area (TPSA) is 92.5 Å². The first-order valence-electron chi connectivity index (χ1n) is 5.68. The Labute approximate surface area is 110 Å². The van der Waals surface area contributed by atoms with Crippen LogP contribution in [0.5, 0.6) is 0 Å². The fraction of sp³-hybridized carbons (Fsp3) is 0.364. The standard InChI is InChI=1S/C11H14FN3O3S/c12-9-3-1-8(2-4-9)7-15-6-5-10(11(15)16)14-19(13,17)18/h1-4,10,14H,5-7H2,(H2,13,17,18). The number of likely N-dealkylation sites (tertiary alicyclic amines) is 1. The molecule has 1 saturated heterocycles. The Kier molecular flexibility index (Phi) is 3.83. The summed E-state index contributed by atoms with van der Waals surface area (Å²) in [5, 5.41) is 4.84. The Morgan fingerprint density at radius 3 is 2.58 bits per heavy atom. The molecule has 3 N–H and O–H groups in total. The third-order valence-corrected chi connectivity index (χ3v) is 3.50. The zero-order valence-corrected chi connectivity index (χ0v) is 10.9. The van der Waals surface area contributed by atoms with E-state index in [1.165, 1.54) is 17.0 Å². The average molecular weight is 287 g/mol. The highest BCUT2D eigenvalue weighted by Crippen LogP contribution is 2.15. The van der Waals surface area contributed by atoms with Crippen LogP contribution in [0.3, 0.4) is 0 Å². The smallest absolute Gasteiger partial charge is 0.275 e. The maximum Gasteiger partial charge on any atom is 0.275 e. The van der Waals surface area contributed by atoms with Crippen molar-refractivity contribution in [1.82, 2.24) is 9.62 Å². The van der Waals surface area contributed by atoms with Crippen LogP contribution < -0.4 is 9.86 Å². The molecular formula is C11H14FN3O3S. The van der Waals surface area contributed by atoms with E-state index in [9.17, 15) is 17.6 Å². The van der Waals surface area contributed by atoms with Crippen molar-refractivity contribution in [3.05, 3.63) is 35.6 Å². The van der Waals surface area contributed by atoms with E-state index < -0.39 is 16.3 Å². The van der Waals surface area contributed by atoms with Crippen molar-refractivity contribution in [1.29, 1.82) is 0 Å². The Balaban J connectivity index is 2.00. The van der Waals surface area contributed by atoms with Gasteiger partial charge in [-0.3, -0.25) is 4.79 Å². The van der Waals surface area contributed by atoms with Gasteiger partial charge in [0.1, 0.15) is 11.9 Å². The van der Waals surface area contributed by atoms with Gasteiger partial charge in [-0.1, -0.05) is 12.1 Å². The fourth-order valence-corrected chi connectivity index (χ4v) is 2.63. The van der Waals surface area contributed by atoms with Crippen LogP contribution in [0.4, 0.5) is 4.39 Å². The summed E-state index contributed by atoms with van der Waals surface area (Å²) in [6.45, 7) is 0.755. The first-order valence-corrected chi connectivity index (χ1v) is 7.23. The van der Waals surface area contributed by atoms with E-state index in [0.717, 1.165) is 5.56 Å². The van der Waals surface area contributed by atoms with E-state index in [2.05, 4.69) is 4.72 Å². The molecule has 1 heterocycles. The summed E-state index contributed by atoms with van der Waals surface area (Å²) in [6, 6.07) is 4.99. The fourth-order valence-electron chi connectivity index (χ4n) is 2.01. The number of nitrogens with two attached hydrogens (primary N) is 1. The number of hydrogen-bond donors (Lipinski definition) is 2. The molecule has 0 aromatic heterocycles. The van der Waals surface area contributed by atoms with Gasteiger partial charge < -0.3 is 4.90 Å². The lowest BCUT2D eigenvalue weighted by atomic mass is 10.2. The zero-order valence-electron chi connectivity index (χ0n) is 10.0. The number of carbonyl (C=O) groups is 1. The lowest BCUT2D eigenvalue weighted by Gasteiger charge is -2.16. The number of amides is 1. The monoisotopic (exact) mass is 287 g/mol. The number of carbonyl (C=O) groups excluding carboxylic acids is 1. The number of benzene rings is 1. The van der Waals surface area contributed by atoms with E-state index in [4.69, 9.17) is 5.14 Å². The molecule has 1 aromatic carbocycles. The number of nitrogens with one attached hydrogen (secondary N) is 1. The minimum Gasteiger partial charge on any atom is -0.337 e. The SMILES string of the molecule is NS(=O)(=O)NC1CCN(Cc2ccc(F)cc2)C1=O. The normalized spacial score (nSPS) is 20.0. The van der Waals surface area contributed by atoms with Gasteiger partial charge in [-0.05, 0) is 24.1 Å². The highest BCUT2D eigenvalue weighted by atomic mass is 32.2. The molecule has 1 aliphatic rings. The van der Waals surface area contributed by atoms with Gasteiger partial charge in [0.15, 0.2) is 0 Å². The maximum absolute atomic E-state index is 12.8. The highest BCUT2D eigenvalue weighted by Gasteiger charge is 2.33. The van der Waals surface area contributed by atoms with Crippen molar-refractivity contribution in [2.45, 2.75) is 19.0 Å². The summed E-state index contributed by atoms with van der Waals surface area (Å²) in [6.07, 6.45) is 0.371. The van der Waals surface area contributed by atoms with Crippen molar-refractivity contribution in [3.63, 3.8) is 0 Å². The van der Waals surface area contributed by atoms with Crippen LogP contribution in [-0.2, 0) is 21.5 Å². The average Bonchev–Trinajstić information content (AvgIpc) is 2.63. The van der Waals surface area contributed by atoms with Gasteiger partial charge in [0.25, 0.3) is 10.2 Å². The predicted octanol–water partition coefficient (Wildman–Crippen LogP) is -0.280. The van der Waals surface area contributed by atoms with Crippen LogP contribution >= 0.6 is 0 Å². The number of rotatable bonds is 4. The molecule has 0 spiro atoms. The van der Waals surface area contributed by atoms with Crippen molar-refractivity contribution in [2.24, 2.45) is 5.14 Å². The van der Waals surface area contributed by atoms with Crippen molar-refractivity contribution >= 4 is 16.1 Å². The summed E-state index contributed by atoms with van der Waals surface area (Å²) < 4.78 is 36.6. The summed E-state index contributed by atoms with van der Waals surface area (Å²) in [7, 11) is -3.89. The summed E-state index contributed by atoms with van der Waals surface area (Å²) in [5.41, 5.74) is 0.783. The van der Waals surface area contributed by atoms with Gasteiger partial charge in [0.2, 0.25) is 5.91 Å². The highest BCUT2D eigenvalue weighted by molar-refractivity contribution is 7.87. The molecule has 8 heteroatoms. The first-order chi connectivity index (χ1) is 8.85. The van der Waals surface area contributed by atoms with E-state index in [1.54, 1.807) is 12.1 Å². The molecular weight excluding hydrogens is 273 g/mol. The lowest BCUT2D eigenvalue weighted by Crippen LogP contribution is -2.44. The Hall–Kier alpha value is -1.51. The first kappa shape index (κ1) is 13.9. The van der Waals surface area contributed by atoms with Crippen LogP contribution in [-0.4, -0.2) is 31.8 Å². The van der Waals surface area contributed by atoms with Gasteiger partial charge in [0, 0.05) is 13.1 Å². The molecule has 104 valence electrons. The van der Waals surface area contributed by atoms with Crippen LogP contribution in [0.15, 0.2) is 24.3 Å². The molecule has 1 fully saturated rings. The number of hydrogen-bond acceptors (Lipinski definition) is 3. The molecule has 0 aliphatic carbocycles. The largest absolute Gasteiger partial charge is 0.337 e. The Morgan fingerprint density at radius 1 is 1.37 bits per heavy atom. The second kappa shape index (κ2) is 5.24. The second-order valence-electron chi connectivity index (χ2n) is 4.39. The molecule has 1 atom stereocenters. The molecule has 1 amide bonds. The molecule has 0 bridgehead atoms. The minimum absolute atomic E-state index is 0.321. The molecule has 1 aromatic rings. The maximum atomic E-state index is 12.8.